The summed E-state index contributed by atoms with van der Waals surface area (Å²) in [5.74, 6) is 1.26. The molecule has 0 heterocycles. The first kappa shape index (κ1) is 13.1. The molecule has 2 nitrogen and oxygen atoms in total. The van der Waals surface area contributed by atoms with Gasteiger partial charge in [-0.25, -0.2) is 0 Å². The molecule has 0 aliphatic heterocycles. The Kier molecular flexibility index (Phi) is 4.05. The first-order valence-electron chi connectivity index (χ1n) is 5.24. The van der Waals surface area contributed by atoms with Crippen molar-refractivity contribution in [1.82, 2.24) is 0 Å². The van der Waals surface area contributed by atoms with Crippen molar-refractivity contribution in [1.29, 1.82) is 5.26 Å². The third-order valence-electron chi connectivity index (χ3n) is 2.42. The topological polar surface area (TPSA) is 33.0 Å². The summed E-state index contributed by atoms with van der Waals surface area (Å²) in [6, 6.07) is 13.2. The smallest absolute Gasteiger partial charge is 0.146 e. The van der Waals surface area contributed by atoms with E-state index in [1.807, 2.05) is 31.2 Å². The number of nitrogens with zero attached hydrogens (tertiary/aromatic N) is 1. The van der Waals surface area contributed by atoms with E-state index in [1.54, 1.807) is 12.1 Å². The minimum absolute atomic E-state index is 0.513. The van der Waals surface area contributed by atoms with Gasteiger partial charge in [0.2, 0.25) is 0 Å². The fourth-order valence-electron chi connectivity index (χ4n) is 1.48. The average molecular weight is 367 g/mol. The normalized spacial score (nSPS) is 9.89. The highest BCUT2D eigenvalue weighted by Gasteiger charge is 2.06. The highest BCUT2D eigenvalue weighted by atomic mass is 79.9. The predicted molar refractivity (Wildman–Crippen MR) is 77.8 cm³/mol. The second-order valence-corrected chi connectivity index (χ2v) is 5.54. The van der Waals surface area contributed by atoms with Crippen molar-refractivity contribution in [3.63, 3.8) is 0 Å². The molecule has 0 spiro atoms. The second kappa shape index (κ2) is 5.55. The molecule has 90 valence electrons. The molecular formula is C14H9Br2NO. The molecule has 0 N–H and O–H groups in total. The minimum atomic E-state index is 0.513. The van der Waals surface area contributed by atoms with Crippen LogP contribution in [0.3, 0.4) is 0 Å². The molecule has 4 heteroatoms. The Morgan fingerprint density at radius 3 is 2.56 bits per heavy atom. The summed E-state index contributed by atoms with van der Waals surface area (Å²) >= 11 is 6.81. The summed E-state index contributed by atoms with van der Waals surface area (Å²) in [4.78, 5) is 0. The van der Waals surface area contributed by atoms with Gasteiger partial charge >= 0.3 is 0 Å². The first-order valence-corrected chi connectivity index (χ1v) is 6.82. The lowest BCUT2D eigenvalue weighted by molar-refractivity contribution is 0.480. The lowest BCUT2D eigenvalue weighted by Gasteiger charge is -2.09. The molecule has 0 bridgehead atoms. The summed E-state index contributed by atoms with van der Waals surface area (Å²) in [5, 5.41) is 9.03. The molecule has 18 heavy (non-hydrogen) atoms. The number of rotatable bonds is 2. The number of benzene rings is 2. The molecule has 0 atom stereocenters. The number of ether oxygens (including phenoxy) is 1. The van der Waals surface area contributed by atoms with Crippen LogP contribution in [0, 0.1) is 18.3 Å². The maximum absolute atomic E-state index is 9.03. The summed E-state index contributed by atoms with van der Waals surface area (Å²) in [6.45, 7) is 1.99. The molecule has 0 aromatic heterocycles. The summed E-state index contributed by atoms with van der Waals surface area (Å²) in [5.41, 5.74) is 1.60. The van der Waals surface area contributed by atoms with Crippen LogP contribution in [0.4, 0.5) is 0 Å². The van der Waals surface area contributed by atoms with Crippen LogP contribution in [0.5, 0.6) is 11.5 Å². The van der Waals surface area contributed by atoms with Crippen molar-refractivity contribution in [2.75, 3.05) is 0 Å². The van der Waals surface area contributed by atoms with Gasteiger partial charge in [-0.15, -0.1) is 0 Å². The number of hydrogen-bond donors (Lipinski definition) is 0. The molecule has 0 aliphatic rings. The Balaban J connectivity index is 2.36. The van der Waals surface area contributed by atoms with Crippen LogP contribution in [0.15, 0.2) is 45.3 Å². The van der Waals surface area contributed by atoms with Crippen molar-refractivity contribution in [3.8, 4) is 17.6 Å². The van der Waals surface area contributed by atoms with Gasteiger partial charge in [0.15, 0.2) is 0 Å². The van der Waals surface area contributed by atoms with E-state index in [4.69, 9.17) is 10.00 Å². The lowest BCUT2D eigenvalue weighted by Crippen LogP contribution is -1.89. The molecular weight excluding hydrogens is 358 g/mol. The molecule has 0 aliphatic carbocycles. The van der Waals surface area contributed by atoms with Crippen molar-refractivity contribution >= 4 is 31.9 Å². The third kappa shape index (κ3) is 2.92. The fourth-order valence-corrected chi connectivity index (χ4v) is 2.07. The zero-order valence-corrected chi connectivity index (χ0v) is 12.7. The quantitative estimate of drug-likeness (QED) is 0.733. The Labute approximate surface area is 122 Å². The minimum Gasteiger partial charge on any atom is -0.456 e. The van der Waals surface area contributed by atoms with Crippen LogP contribution in [-0.2, 0) is 0 Å². The standard InChI is InChI=1S/C14H9Br2NO/c1-9-6-12(4-5-13(9)16)18-14-7-11(15)3-2-10(14)8-17/h2-7H,1H3. The Bertz CT molecular complexity index is 632. The molecule has 0 fully saturated rings. The SMILES string of the molecule is Cc1cc(Oc2cc(Br)ccc2C#N)ccc1Br. The average Bonchev–Trinajstić information content (AvgIpc) is 2.34. The molecule has 2 aromatic rings. The van der Waals surface area contributed by atoms with Gasteiger partial charge in [-0.3, -0.25) is 0 Å². The Morgan fingerprint density at radius 1 is 1.11 bits per heavy atom. The molecule has 0 saturated carbocycles. The predicted octanol–water partition coefficient (Wildman–Crippen LogP) is 5.18. The van der Waals surface area contributed by atoms with Crippen LogP contribution in [-0.4, -0.2) is 0 Å². The van der Waals surface area contributed by atoms with Crippen LogP contribution in [0.1, 0.15) is 11.1 Å². The van der Waals surface area contributed by atoms with E-state index in [-0.39, 0.29) is 0 Å². The van der Waals surface area contributed by atoms with Gasteiger partial charge in [0.05, 0.1) is 5.56 Å². The Morgan fingerprint density at radius 2 is 1.89 bits per heavy atom. The third-order valence-corrected chi connectivity index (χ3v) is 3.80. The van der Waals surface area contributed by atoms with Crippen molar-refractivity contribution in [2.45, 2.75) is 6.92 Å². The van der Waals surface area contributed by atoms with E-state index in [0.29, 0.717) is 17.1 Å². The zero-order valence-electron chi connectivity index (χ0n) is 9.58. The van der Waals surface area contributed by atoms with Crippen molar-refractivity contribution < 1.29 is 4.74 Å². The summed E-state index contributed by atoms with van der Waals surface area (Å²) in [7, 11) is 0. The monoisotopic (exact) mass is 365 g/mol. The molecule has 0 amide bonds. The van der Waals surface area contributed by atoms with Crippen molar-refractivity contribution in [2.24, 2.45) is 0 Å². The van der Waals surface area contributed by atoms with Crippen LogP contribution >= 0.6 is 31.9 Å². The molecule has 0 radical (unpaired) electrons. The van der Waals surface area contributed by atoms with Gasteiger partial charge in [0, 0.05) is 8.95 Å². The highest BCUT2D eigenvalue weighted by molar-refractivity contribution is 9.10. The van der Waals surface area contributed by atoms with Crippen molar-refractivity contribution in [3.05, 3.63) is 56.5 Å². The largest absolute Gasteiger partial charge is 0.456 e. The second-order valence-electron chi connectivity index (χ2n) is 3.77. The van der Waals surface area contributed by atoms with Crippen LogP contribution in [0.25, 0.3) is 0 Å². The van der Waals surface area contributed by atoms with E-state index in [9.17, 15) is 0 Å². The first-order chi connectivity index (χ1) is 8.60. The van der Waals surface area contributed by atoms with Gasteiger partial charge in [0.25, 0.3) is 0 Å². The highest BCUT2D eigenvalue weighted by Crippen LogP contribution is 2.30. The van der Waals surface area contributed by atoms with Gasteiger partial charge in [-0.1, -0.05) is 31.9 Å². The number of halogens is 2. The number of hydrogen-bond acceptors (Lipinski definition) is 2. The van der Waals surface area contributed by atoms with E-state index in [1.165, 1.54) is 0 Å². The lowest BCUT2D eigenvalue weighted by atomic mass is 10.2. The molecule has 0 unspecified atom stereocenters. The summed E-state index contributed by atoms with van der Waals surface area (Å²) in [6.07, 6.45) is 0. The van der Waals surface area contributed by atoms with E-state index < -0.39 is 0 Å². The summed E-state index contributed by atoms with van der Waals surface area (Å²) < 4.78 is 7.66. The molecule has 2 rings (SSSR count). The number of nitriles is 1. The fraction of sp³-hybridized carbons (Fsp3) is 0.0714. The van der Waals surface area contributed by atoms with E-state index in [2.05, 4.69) is 37.9 Å². The van der Waals surface area contributed by atoms with Gasteiger partial charge < -0.3 is 4.74 Å². The van der Waals surface area contributed by atoms with E-state index >= 15 is 0 Å². The van der Waals surface area contributed by atoms with E-state index in [0.717, 1.165) is 14.5 Å². The number of aryl methyl sites for hydroxylation is 1. The molecule has 2 aromatic carbocycles. The maximum atomic E-state index is 9.03. The Hall–Kier alpha value is -1.31. The maximum Gasteiger partial charge on any atom is 0.146 e. The molecule has 0 saturated heterocycles. The van der Waals surface area contributed by atoms with Gasteiger partial charge in [-0.05, 0) is 48.9 Å². The van der Waals surface area contributed by atoms with Gasteiger partial charge in [-0.2, -0.15) is 5.26 Å². The van der Waals surface area contributed by atoms with Crippen LogP contribution in [0.2, 0.25) is 0 Å². The van der Waals surface area contributed by atoms with Crippen LogP contribution < -0.4 is 4.74 Å². The van der Waals surface area contributed by atoms with Gasteiger partial charge in [0.1, 0.15) is 17.6 Å². The zero-order chi connectivity index (χ0) is 13.1.